The Labute approximate surface area is 234 Å². The van der Waals surface area contributed by atoms with Crippen LogP contribution in [0.5, 0.6) is 0 Å². The second-order valence-corrected chi connectivity index (χ2v) is 11.4. The van der Waals surface area contributed by atoms with Gasteiger partial charge >= 0.3 is 5.97 Å². The molecule has 0 bridgehead atoms. The van der Waals surface area contributed by atoms with Crippen LogP contribution in [-0.2, 0) is 29.9 Å². The van der Waals surface area contributed by atoms with Crippen molar-refractivity contribution in [2.75, 3.05) is 0 Å². The van der Waals surface area contributed by atoms with Gasteiger partial charge in [0.05, 0.1) is 35.3 Å². The summed E-state index contributed by atoms with van der Waals surface area (Å²) in [5, 5.41) is 22.9. The van der Waals surface area contributed by atoms with Crippen LogP contribution >= 0.6 is 12.6 Å². The standard InChI is InChI=1S/C30H38FN3O4S/c1-6-9-26-33-27(30(4,5)38)24(16-32-28(35)25(39)14-18(2)3)34(26)17-20-13-12-19(15-23(20)31)21-10-7-8-11-22(21)29(36)37/h7-8,10-13,15,18,25,38-39H,6,9,14,16-17H2,1-5H3,(H,32,35)(H,36,37)/t25-/m0/s1. The highest BCUT2D eigenvalue weighted by molar-refractivity contribution is 7.81. The molecule has 3 aromatic rings. The van der Waals surface area contributed by atoms with E-state index in [2.05, 4.69) is 17.9 Å². The maximum Gasteiger partial charge on any atom is 0.336 e. The zero-order valence-electron chi connectivity index (χ0n) is 23.2. The fourth-order valence-electron chi connectivity index (χ4n) is 4.58. The lowest BCUT2D eigenvalue weighted by Gasteiger charge is -2.20. The predicted molar refractivity (Wildman–Crippen MR) is 153 cm³/mol. The highest BCUT2D eigenvalue weighted by Gasteiger charge is 2.29. The van der Waals surface area contributed by atoms with Gasteiger partial charge in [0.15, 0.2) is 0 Å². The summed E-state index contributed by atoms with van der Waals surface area (Å²) in [7, 11) is 0. The summed E-state index contributed by atoms with van der Waals surface area (Å²) in [6, 6.07) is 11.2. The van der Waals surface area contributed by atoms with Gasteiger partial charge in [-0.15, -0.1) is 0 Å². The first kappa shape index (κ1) is 30.4. The zero-order chi connectivity index (χ0) is 28.9. The molecule has 7 nitrogen and oxygen atoms in total. The molecule has 0 aliphatic carbocycles. The van der Waals surface area contributed by atoms with Gasteiger partial charge < -0.3 is 20.1 Å². The third-order valence-electron chi connectivity index (χ3n) is 6.48. The number of hydrogen-bond acceptors (Lipinski definition) is 5. The van der Waals surface area contributed by atoms with E-state index in [0.29, 0.717) is 52.7 Å². The fraction of sp³-hybridized carbons (Fsp3) is 0.433. The molecule has 1 atom stereocenters. The topological polar surface area (TPSA) is 104 Å². The van der Waals surface area contributed by atoms with E-state index in [1.165, 1.54) is 12.1 Å². The lowest BCUT2D eigenvalue weighted by molar-refractivity contribution is -0.121. The average molecular weight is 556 g/mol. The van der Waals surface area contributed by atoms with Gasteiger partial charge in [-0.1, -0.05) is 51.1 Å². The number of halogens is 1. The molecule has 39 heavy (non-hydrogen) atoms. The predicted octanol–water partition coefficient (Wildman–Crippen LogP) is 5.58. The first-order valence-corrected chi connectivity index (χ1v) is 13.7. The summed E-state index contributed by atoms with van der Waals surface area (Å²) in [5.74, 6) is -0.800. The van der Waals surface area contributed by atoms with Gasteiger partial charge in [0.25, 0.3) is 0 Å². The van der Waals surface area contributed by atoms with Crippen molar-refractivity contribution >= 4 is 24.5 Å². The molecule has 0 saturated heterocycles. The lowest BCUT2D eigenvalue weighted by Crippen LogP contribution is -2.33. The SMILES string of the molecule is CCCc1nc(C(C)(C)O)c(CNC(=O)[C@@H](S)CC(C)C)n1Cc1ccc(-c2ccccc2C(=O)O)cc1F. The number of benzene rings is 2. The Morgan fingerprint density at radius 3 is 2.46 bits per heavy atom. The number of aromatic nitrogens is 2. The molecular formula is C30H38FN3O4S. The van der Waals surface area contributed by atoms with E-state index in [9.17, 15) is 19.8 Å². The number of carbonyl (C=O) groups excluding carboxylic acids is 1. The van der Waals surface area contributed by atoms with Crippen molar-refractivity contribution in [1.29, 1.82) is 0 Å². The number of nitrogens with one attached hydrogen (secondary N) is 1. The molecule has 0 aliphatic rings. The largest absolute Gasteiger partial charge is 0.478 e. The summed E-state index contributed by atoms with van der Waals surface area (Å²) < 4.78 is 17.3. The quantitative estimate of drug-likeness (QED) is 0.219. The van der Waals surface area contributed by atoms with Crippen molar-refractivity contribution in [1.82, 2.24) is 14.9 Å². The minimum atomic E-state index is -1.28. The van der Waals surface area contributed by atoms with Gasteiger partial charge in [0.1, 0.15) is 17.2 Å². The van der Waals surface area contributed by atoms with Crippen LogP contribution in [0.15, 0.2) is 42.5 Å². The highest BCUT2D eigenvalue weighted by atomic mass is 32.1. The van der Waals surface area contributed by atoms with E-state index < -0.39 is 22.6 Å². The van der Waals surface area contributed by atoms with Crippen molar-refractivity contribution in [3.8, 4) is 11.1 Å². The summed E-state index contributed by atoms with van der Waals surface area (Å²) in [6.07, 6.45) is 2.01. The Balaban J connectivity index is 2.00. The van der Waals surface area contributed by atoms with Crippen LogP contribution in [0.25, 0.3) is 11.1 Å². The van der Waals surface area contributed by atoms with E-state index in [-0.39, 0.29) is 24.6 Å². The van der Waals surface area contributed by atoms with Crippen LogP contribution in [0.2, 0.25) is 0 Å². The number of carboxylic acids is 1. The minimum absolute atomic E-state index is 0.0947. The summed E-state index contributed by atoms with van der Waals surface area (Å²) in [4.78, 5) is 29.1. The molecule has 0 aliphatic heterocycles. The number of amides is 1. The molecule has 2 aromatic carbocycles. The van der Waals surface area contributed by atoms with Crippen LogP contribution in [0.1, 0.15) is 80.6 Å². The Morgan fingerprint density at radius 1 is 1.18 bits per heavy atom. The Hall–Kier alpha value is -3.17. The third kappa shape index (κ3) is 7.48. The zero-order valence-corrected chi connectivity index (χ0v) is 24.1. The summed E-state index contributed by atoms with van der Waals surface area (Å²) in [5.41, 5.74) is 1.11. The number of imidazole rings is 1. The molecule has 0 unspecified atom stereocenters. The number of rotatable bonds is 12. The number of aryl methyl sites for hydroxylation is 1. The van der Waals surface area contributed by atoms with E-state index in [0.717, 1.165) is 6.42 Å². The second kappa shape index (κ2) is 12.8. The monoisotopic (exact) mass is 555 g/mol. The minimum Gasteiger partial charge on any atom is -0.478 e. The lowest BCUT2D eigenvalue weighted by atomic mass is 9.98. The van der Waals surface area contributed by atoms with E-state index in [1.807, 2.05) is 25.3 Å². The maximum absolute atomic E-state index is 15.5. The molecular weight excluding hydrogens is 517 g/mol. The van der Waals surface area contributed by atoms with Gasteiger partial charge in [0, 0.05) is 12.0 Å². The maximum atomic E-state index is 15.5. The van der Waals surface area contributed by atoms with Crippen LogP contribution in [0.4, 0.5) is 4.39 Å². The Bertz CT molecular complexity index is 1330. The molecule has 0 spiro atoms. The van der Waals surface area contributed by atoms with E-state index >= 15 is 4.39 Å². The van der Waals surface area contributed by atoms with Crippen LogP contribution < -0.4 is 5.32 Å². The molecule has 0 saturated carbocycles. The molecule has 0 radical (unpaired) electrons. The number of hydrogen-bond donors (Lipinski definition) is 4. The molecule has 210 valence electrons. The highest BCUT2D eigenvalue weighted by Crippen LogP contribution is 2.29. The van der Waals surface area contributed by atoms with Crippen LogP contribution in [0.3, 0.4) is 0 Å². The third-order valence-corrected chi connectivity index (χ3v) is 6.93. The number of aromatic carboxylic acids is 1. The van der Waals surface area contributed by atoms with E-state index in [4.69, 9.17) is 4.98 Å². The molecule has 9 heteroatoms. The van der Waals surface area contributed by atoms with Gasteiger partial charge in [-0.3, -0.25) is 4.79 Å². The number of carbonyl (C=O) groups is 2. The van der Waals surface area contributed by atoms with Crippen molar-refractivity contribution in [3.05, 3.63) is 76.6 Å². The first-order chi connectivity index (χ1) is 18.3. The number of thiol groups is 1. The molecule has 3 rings (SSSR count). The van der Waals surface area contributed by atoms with Gasteiger partial charge in [0.2, 0.25) is 5.91 Å². The van der Waals surface area contributed by atoms with Crippen molar-refractivity contribution in [2.24, 2.45) is 5.92 Å². The molecule has 0 fully saturated rings. The summed E-state index contributed by atoms with van der Waals surface area (Å²) in [6.45, 7) is 9.57. The van der Waals surface area contributed by atoms with Crippen molar-refractivity contribution < 1.29 is 24.2 Å². The van der Waals surface area contributed by atoms with Crippen LogP contribution in [0, 0.1) is 11.7 Å². The number of aliphatic hydroxyl groups is 1. The average Bonchev–Trinajstić information content (AvgIpc) is 3.20. The fourth-order valence-corrected chi connectivity index (χ4v) is 5.10. The molecule has 3 N–H and O–H groups in total. The summed E-state index contributed by atoms with van der Waals surface area (Å²) >= 11 is 4.44. The smallest absolute Gasteiger partial charge is 0.336 e. The van der Waals surface area contributed by atoms with E-state index in [1.54, 1.807) is 44.2 Å². The molecule has 1 heterocycles. The van der Waals surface area contributed by atoms with Crippen molar-refractivity contribution in [2.45, 2.75) is 77.8 Å². The first-order valence-electron chi connectivity index (χ1n) is 13.2. The second-order valence-electron chi connectivity index (χ2n) is 10.7. The Kier molecular flexibility index (Phi) is 9.96. The molecule has 1 aromatic heterocycles. The van der Waals surface area contributed by atoms with Gasteiger partial charge in [-0.05, 0) is 55.9 Å². The normalized spacial score (nSPS) is 12.5. The number of carboxylic acid groups (broad SMARTS) is 1. The molecule has 1 amide bonds. The van der Waals surface area contributed by atoms with Crippen molar-refractivity contribution in [3.63, 3.8) is 0 Å². The number of nitrogens with zero attached hydrogens (tertiary/aromatic N) is 2. The van der Waals surface area contributed by atoms with Gasteiger partial charge in [-0.25, -0.2) is 14.2 Å². The van der Waals surface area contributed by atoms with Gasteiger partial charge in [-0.2, -0.15) is 12.6 Å². The van der Waals surface area contributed by atoms with Crippen LogP contribution in [-0.4, -0.2) is 36.9 Å². The Morgan fingerprint density at radius 2 is 1.87 bits per heavy atom.